The third-order valence-corrected chi connectivity index (χ3v) is 5.72. The molecule has 0 radical (unpaired) electrons. The molecule has 2 atom stereocenters. The molecule has 1 aliphatic heterocycles. The van der Waals surface area contributed by atoms with Crippen LogP contribution in [0.4, 0.5) is 13.6 Å². The number of hydrogen-bond donors (Lipinski definition) is 2. The van der Waals surface area contributed by atoms with Gasteiger partial charge in [0.05, 0.1) is 12.1 Å². The maximum atomic E-state index is 14.6. The second kappa shape index (κ2) is 7.98. The molecule has 0 unspecified atom stereocenters. The zero-order valence-electron chi connectivity index (χ0n) is 15.1. The van der Waals surface area contributed by atoms with Crippen LogP contribution in [0, 0.1) is 17.6 Å². The molecular weight excluding hydrogens is 380 g/mol. The normalized spacial score (nSPS) is 26.2. The van der Waals surface area contributed by atoms with E-state index in [2.05, 4.69) is 10.6 Å². The van der Waals surface area contributed by atoms with Crippen molar-refractivity contribution in [1.82, 2.24) is 15.5 Å². The number of carbonyl (C=O) groups excluding carboxylic acids is 2. The minimum absolute atomic E-state index is 0.0353. The highest BCUT2D eigenvalue weighted by molar-refractivity contribution is 6.31. The molecule has 1 aromatic rings. The molecule has 2 N–H and O–H groups in total. The van der Waals surface area contributed by atoms with Gasteiger partial charge in [0.1, 0.15) is 22.7 Å². The quantitative estimate of drug-likeness (QED) is 0.762. The third kappa shape index (κ3) is 3.87. The van der Waals surface area contributed by atoms with Crippen molar-refractivity contribution in [3.63, 3.8) is 0 Å². The number of hydrogen-bond acceptors (Lipinski definition) is 3. The number of urea groups is 1. The number of amides is 3. The van der Waals surface area contributed by atoms with E-state index in [1.54, 1.807) is 14.0 Å². The van der Waals surface area contributed by atoms with Gasteiger partial charge in [0, 0.05) is 25.8 Å². The van der Waals surface area contributed by atoms with Crippen LogP contribution in [0.3, 0.4) is 0 Å². The van der Waals surface area contributed by atoms with Gasteiger partial charge in [0.25, 0.3) is 0 Å². The summed E-state index contributed by atoms with van der Waals surface area (Å²) in [6, 6.07) is 0.591. The lowest BCUT2D eigenvalue weighted by Crippen LogP contribution is -2.59. The zero-order valence-corrected chi connectivity index (χ0v) is 15.9. The van der Waals surface area contributed by atoms with E-state index in [1.165, 1.54) is 11.0 Å². The molecule has 6 nitrogen and oxygen atoms in total. The van der Waals surface area contributed by atoms with Crippen molar-refractivity contribution < 1.29 is 23.1 Å². The van der Waals surface area contributed by atoms with Gasteiger partial charge in [0.15, 0.2) is 0 Å². The summed E-state index contributed by atoms with van der Waals surface area (Å²) in [6.45, 7) is 2.33. The number of ether oxygens (including phenoxy) is 1. The summed E-state index contributed by atoms with van der Waals surface area (Å²) in [5.41, 5.74) is 0.128. The average Bonchev–Trinajstić information content (AvgIpc) is 2.60. The van der Waals surface area contributed by atoms with Crippen LogP contribution in [-0.4, -0.2) is 49.2 Å². The molecule has 0 spiro atoms. The van der Waals surface area contributed by atoms with Gasteiger partial charge < -0.3 is 20.3 Å². The Morgan fingerprint density at radius 1 is 1.41 bits per heavy atom. The van der Waals surface area contributed by atoms with Crippen LogP contribution in [-0.2, 0) is 9.53 Å². The van der Waals surface area contributed by atoms with Crippen LogP contribution in [0.2, 0.25) is 5.02 Å². The van der Waals surface area contributed by atoms with Gasteiger partial charge in [-0.3, -0.25) is 4.79 Å². The molecule has 1 aromatic carbocycles. The number of nitrogens with zero attached hydrogens (tertiary/aromatic N) is 1. The Balaban J connectivity index is 1.84. The van der Waals surface area contributed by atoms with Crippen LogP contribution < -0.4 is 10.6 Å². The van der Waals surface area contributed by atoms with Crippen molar-refractivity contribution in [3.05, 3.63) is 34.4 Å². The number of piperazine rings is 1. The number of rotatable bonds is 4. The topological polar surface area (TPSA) is 70.7 Å². The Bertz CT molecular complexity index is 743. The third-order valence-electron chi connectivity index (χ3n) is 5.37. The fourth-order valence-corrected chi connectivity index (χ4v) is 3.75. The molecule has 9 heteroatoms. The van der Waals surface area contributed by atoms with E-state index in [-0.39, 0.29) is 23.5 Å². The summed E-state index contributed by atoms with van der Waals surface area (Å²) < 4.78 is 33.4. The van der Waals surface area contributed by atoms with E-state index >= 15 is 0 Å². The molecule has 1 aliphatic carbocycles. The standard InChI is InChI=1S/C18H22ClF2N3O3/c1-9-17(25)22-5-6-24(9)18(26)23-16(10-7-11(8-10)27-2)12-3-4-13(20)14(19)15(12)21/h3-4,9-11,16H,5-8H2,1-2H3,(H,22,25)(H,23,26)/t9-,10?,11?,16-/m1/s1. The second-order valence-electron chi connectivity index (χ2n) is 6.94. The second-order valence-corrected chi connectivity index (χ2v) is 7.32. The summed E-state index contributed by atoms with van der Waals surface area (Å²) in [6.07, 6.45) is 1.30. The predicted octanol–water partition coefficient (Wildman–Crippen LogP) is 2.61. The van der Waals surface area contributed by atoms with E-state index in [0.29, 0.717) is 25.9 Å². The number of halogens is 3. The van der Waals surface area contributed by atoms with E-state index in [0.717, 1.165) is 6.07 Å². The van der Waals surface area contributed by atoms with E-state index in [9.17, 15) is 18.4 Å². The number of carbonyl (C=O) groups is 2. The van der Waals surface area contributed by atoms with Crippen LogP contribution in [0.5, 0.6) is 0 Å². The molecule has 1 saturated heterocycles. The Hall–Kier alpha value is -1.93. The van der Waals surface area contributed by atoms with Gasteiger partial charge in [-0.1, -0.05) is 17.7 Å². The molecular formula is C18H22ClF2N3O3. The van der Waals surface area contributed by atoms with Gasteiger partial charge >= 0.3 is 6.03 Å². The molecule has 0 aromatic heterocycles. The highest BCUT2D eigenvalue weighted by atomic mass is 35.5. The van der Waals surface area contributed by atoms with Crippen molar-refractivity contribution in [3.8, 4) is 0 Å². The Morgan fingerprint density at radius 3 is 2.78 bits per heavy atom. The summed E-state index contributed by atoms with van der Waals surface area (Å²) >= 11 is 5.73. The number of benzene rings is 1. The molecule has 0 bridgehead atoms. The van der Waals surface area contributed by atoms with Gasteiger partial charge in [-0.05, 0) is 31.7 Å². The molecule has 3 amide bonds. The summed E-state index contributed by atoms with van der Waals surface area (Å²) in [7, 11) is 1.60. The summed E-state index contributed by atoms with van der Waals surface area (Å²) in [5, 5.41) is 4.91. The van der Waals surface area contributed by atoms with Crippen LogP contribution in [0.25, 0.3) is 0 Å². The van der Waals surface area contributed by atoms with Crippen molar-refractivity contribution in [2.45, 2.75) is 38.0 Å². The van der Waals surface area contributed by atoms with Gasteiger partial charge in [-0.25, -0.2) is 13.6 Å². The molecule has 2 fully saturated rings. The van der Waals surface area contributed by atoms with Gasteiger partial charge in [0.2, 0.25) is 5.91 Å². The van der Waals surface area contributed by atoms with Crippen molar-refractivity contribution in [1.29, 1.82) is 0 Å². The molecule has 3 rings (SSSR count). The minimum atomic E-state index is -0.882. The van der Waals surface area contributed by atoms with Crippen molar-refractivity contribution >= 4 is 23.5 Å². The summed E-state index contributed by atoms with van der Waals surface area (Å²) in [5.74, 6) is -2.06. The average molecular weight is 402 g/mol. The Morgan fingerprint density at radius 2 is 2.11 bits per heavy atom. The Kier molecular flexibility index (Phi) is 5.86. The molecule has 2 aliphatic rings. The van der Waals surface area contributed by atoms with Crippen molar-refractivity contribution in [2.75, 3.05) is 20.2 Å². The largest absolute Gasteiger partial charge is 0.381 e. The highest BCUT2D eigenvalue weighted by Gasteiger charge is 2.40. The first-order valence-corrected chi connectivity index (χ1v) is 9.22. The minimum Gasteiger partial charge on any atom is -0.381 e. The van der Waals surface area contributed by atoms with E-state index < -0.39 is 34.8 Å². The van der Waals surface area contributed by atoms with E-state index in [4.69, 9.17) is 16.3 Å². The molecule has 148 valence electrons. The maximum Gasteiger partial charge on any atom is 0.318 e. The smallest absolute Gasteiger partial charge is 0.318 e. The van der Waals surface area contributed by atoms with Crippen molar-refractivity contribution in [2.24, 2.45) is 5.92 Å². The fraction of sp³-hybridized carbons (Fsp3) is 0.556. The zero-order chi connectivity index (χ0) is 19.7. The molecule has 1 saturated carbocycles. The first-order valence-electron chi connectivity index (χ1n) is 8.84. The first-order chi connectivity index (χ1) is 12.8. The number of methoxy groups -OCH3 is 1. The lowest BCUT2D eigenvalue weighted by atomic mass is 9.74. The lowest BCUT2D eigenvalue weighted by molar-refractivity contribution is -0.127. The van der Waals surface area contributed by atoms with Gasteiger partial charge in [-0.15, -0.1) is 0 Å². The monoisotopic (exact) mass is 401 g/mol. The van der Waals surface area contributed by atoms with Crippen LogP contribution >= 0.6 is 11.6 Å². The van der Waals surface area contributed by atoms with Gasteiger partial charge in [-0.2, -0.15) is 0 Å². The highest BCUT2D eigenvalue weighted by Crippen LogP contribution is 2.41. The molecule has 27 heavy (non-hydrogen) atoms. The van der Waals surface area contributed by atoms with Crippen LogP contribution in [0.15, 0.2) is 12.1 Å². The number of nitrogens with one attached hydrogen (secondary N) is 2. The lowest BCUT2D eigenvalue weighted by Gasteiger charge is -2.41. The summed E-state index contributed by atoms with van der Waals surface area (Å²) in [4.78, 5) is 26.0. The SMILES string of the molecule is COC1CC([C@@H](NC(=O)N2CCNC(=O)[C@H]2C)c2ccc(F)c(Cl)c2F)C1. The Labute approximate surface area is 161 Å². The van der Waals surface area contributed by atoms with Crippen LogP contribution in [0.1, 0.15) is 31.4 Å². The predicted molar refractivity (Wildman–Crippen MR) is 95.3 cm³/mol. The first kappa shape index (κ1) is 19.8. The fourth-order valence-electron chi connectivity index (χ4n) is 3.58. The maximum absolute atomic E-state index is 14.6. The van der Waals surface area contributed by atoms with E-state index in [1.807, 2.05) is 0 Å². The molecule has 1 heterocycles.